The van der Waals surface area contributed by atoms with Crippen LogP contribution in [-0.2, 0) is 70.7 Å². The molecule has 0 bridgehead atoms. The second kappa shape index (κ2) is 31.4. The van der Waals surface area contributed by atoms with E-state index in [4.69, 9.17) is 46.9 Å². The molecule has 3 aliphatic heterocycles. The molecule has 3 saturated heterocycles. The molecule has 0 aliphatic carbocycles. The molecule has 29 heteroatoms. The number of nitrogens with one attached hydrogen (secondary N) is 2. The Hall–Kier alpha value is -2.13. The predicted octanol–water partition coefficient (Wildman–Crippen LogP) is -8.27. The molecule has 2 amide bonds. The number of aliphatic hydroxyl groups excluding tert-OH is 9. The Labute approximate surface area is 413 Å². The van der Waals surface area contributed by atoms with Crippen molar-refractivity contribution in [2.45, 2.75) is 151 Å². The van der Waals surface area contributed by atoms with Gasteiger partial charge in [-0.05, 0) is 19.8 Å². The molecule has 0 saturated carbocycles. The van der Waals surface area contributed by atoms with Crippen molar-refractivity contribution >= 4 is 31.6 Å². The van der Waals surface area contributed by atoms with E-state index in [2.05, 4.69) is 10.6 Å². The monoisotopic (exact) mass is 1010 g/mol. The van der Waals surface area contributed by atoms with Gasteiger partial charge in [0.15, 0.2) is 25.0 Å². The van der Waals surface area contributed by atoms with Crippen molar-refractivity contribution in [3.63, 3.8) is 0 Å². The molecule has 3 fully saturated rings. The molecule has 0 aromatic carbocycles. The molecule has 0 radical (unpaired) electrons. The maximum absolute atomic E-state index is 12.7. The molecule has 3 aliphatic rings. The zero-order chi connectivity index (χ0) is 49.8. The van der Waals surface area contributed by atoms with Crippen LogP contribution in [0.1, 0.15) is 52.9 Å². The molecule has 3 heterocycles. The van der Waals surface area contributed by atoms with E-state index < -0.39 is 183 Å². The van der Waals surface area contributed by atoms with Gasteiger partial charge in [-0.25, -0.2) is 0 Å². The summed E-state index contributed by atoms with van der Waals surface area (Å²) in [7, 11) is -5.08. The third kappa shape index (κ3) is 19.8. The average molecular weight is 1010 g/mol. The van der Waals surface area contributed by atoms with E-state index >= 15 is 0 Å². The fourth-order valence-electron chi connectivity index (χ4n) is 6.41. The summed E-state index contributed by atoms with van der Waals surface area (Å²) in [6, 6.07) is 0. The molecule has 68 heavy (non-hydrogen) atoms. The van der Waals surface area contributed by atoms with Crippen molar-refractivity contribution < 1.29 is 151 Å². The number of ether oxygens (including phenoxy) is 8. The number of hydrogen-bond acceptors (Lipinski definition) is 25. The Morgan fingerprint density at radius 2 is 1.22 bits per heavy atom. The van der Waals surface area contributed by atoms with Gasteiger partial charge in [0.2, 0.25) is 11.8 Å². The number of phosphoric ester groups is 1. The Morgan fingerprint density at radius 3 is 1.84 bits per heavy atom. The quantitative estimate of drug-likeness (QED) is 0.00692. The van der Waals surface area contributed by atoms with E-state index in [1.807, 2.05) is 13.8 Å². The van der Waals surface area contributed by atoms with E-state index in [1.165, 1.54) is 6.92 Å². The second-order valence-corrected chi connectivity index (χ2v) is 16.7. The van der Waals surface area contributed by atoms with Crippen LogP contribution in [-0.4, -0.2) is 214 Å². The molecular formula is C39H64N2NaO25P. The second-order valence-electron chi connectivity index (χ2n) is 15.3. The van der Waals surface area contributed by atoms with Gasteiger partial charge in [0.25, 0.3) is 7.82 Å². The molecule has 0 spiro atoms. The van der Waals surface area contributed by atoms with Crippen molar-refractivity contribution in [1.29, 1.82) is 0 Å². The van der Waals surface area contributed by atoms with E-state index in [1.54, 1.807) is 24.3 Å². The number of carbonyl (C=O) groups excluding carboxylic acids is 4. The topological polar surface area (TPSA) is 407 Å². The van der Waals surface area contributed by atoms with Gasteiger partial charge in [-0.2, -0.15) is 0 Å². The first-order chi connectivity index (χ1) is 31.8. The summed E-state index contributed by atoms with van der Waals surface area (Å²) in [6.07, 6.45) is -20.7. The summed E-state index contributed by atoms with van der Waals surface area (Å²) < 4.78 is 66.1. The summed E-state index contributed by atoms with van der Waals surface area (Å²) >= 11 is 0. The molecular weight excluding hydrogens is 950 g/mol. The number of esters is 2. The van der Waals surface area contributed by atoms with E-state index in [9.17, 15) is 74.6 Å². The summed E-state index contributed by atoms with van der Waals surface area (Å²) in [6.45, 7) is 0.102. The van der Waals surface area contributed by atoms with Crippen molar-refractivity contribution in [3.05, 3.63) is 24.3 Å². The van der Waals surface area contributed by atoms with Gasteiger partial charge in [-0.3, -0.25) is 23.7 Å². The van der Waals surface area contributed by atoms with Crippen LogP contribution in [0.5, 0.6) is 0 Å². The van der Waals surface area contributed by atoms with E-state index in [-0.39, 0.29) is 42.4 Å². The van der Waals surface area contributed by atoms with E-state index in [0.717, 1.165) is 0 Å². The van der Waals surface area contributed by atoms with Crippen LogP contribution in [0.15, 0.2) is 24.3 Å². The first-order valence-electron chi connectivity index (χ1n) is 21.4. The predicted molar refractivity (Wildman–Crippen MR) is 218 cm³/mol. The van der Waals surface area contributed by atoms with E-state index in [0.29, 0.717) is 12.8 Å². The Morgan fingerprint density at radius 1 is 0.676 bits per heavy atom. The van der Waals surface area contributed by atoms with Crippen LogP contribution in [0.4, 0.5) is 0 Å². The number of aliphatic hydroxyl groups is 9. The molecule has 27 nitrogen and oxygen atoms in total. The van der Waals surface area contributed by atoms with Gasteiger partial charge < -0.3 is 108 Å². The Balaban J connectivity index is 0.0000159. The van der Waals surface area contributed by atoms with Crippen molar-refractivity contribution in [2.75, 3.05) is 46.3 Å². The Kier molecular flexibility index (Phi) is 28.6. The standard InChI is InChI=1S/C39H65N2O25P.Na/c1-4-6-8-10-26(46)57-17-21(62-27(47)11-9-7-5-2)18-60-67(55,56)59-13-12-40-24(44)14-25(45)41-19-58-39-36(66-37-33(53)31(51)28(48)20(3)61-37)35(30(50)23(16-43)64-39)65-38-34(54)32(52)29(49)22(15-42)63-38;/h6-9,20-23,28-39,42-43,48-54H,4-5,10-19H2,1-3H3,(H,40,44)(H,41,45)(H,55,56);/q;+1/p-1/b8-6-,9-7-;/t20?,21?,22?,23?,28-,29+,30+,31+,32+,33?,34?,35+,36?,37+,38+,39-;/m1./s1. The molecule has 3 rings (SSSR count). The number of hydrogen-bond donors (Lipinski definition) is 11. The number of carbonyl (C=O) groups is 4. The third-order valence-corrected chi connectivity index (χ3v) is 11.0. The first-order valence-corrected chi connectivity index (χ1v) is 22.9. The normalized spacial score (nSPS) is 33.3. The zero-order valence-corrected chi connectivity index (χ0v) is 40.9. The van der Waals surface area contributed by atoms with Gasteiger partial charge >= 0.3 is 41.5 Å². The van der Waals surface area contributed by atoms with Gasteiger partial charge in [0.05, 0.1) is 45.4 Å². The maximum atomic E-state index is 12.7. The molecule has 0 aromatic heterocycles. The Bertz CT molecular complexity index is 1650. The third-order valence-electron chi connectivity index (χ3n) is 10.1. The summed E-state index contributed by atoms with van der Waals surface area (Å²) in [5.74, 6) is -3.30. The van der Waals surface area contributed by atoms with Crippen LogP contribution in [0.2, 0.25) is 0 Å². The van der Waals surface area contributed by atoms with Gasteiger partial charge in [-0.15, -0.1) is 0 Å². The first kappa shape index (κ1) is 62.0. The fourth-order valence-corrected chi connectivity index (χ4v) is 7.15. The van der Waals surface area contributed by atoms with Gasteiger partial charge in [0, 0.05) is 6.54 Å². The van der Waals surface area contributed by atoms with Gasteiger partial charge in [-0.1, -0.05) is 38.2 Å². The molecule has 8 unspecified atom stereocenters. The van der Waals surface area contributed by atoms with Crippen molar-refractivity contribution in [1.82, 2.24) is 10.6 Å². The molecule has 386 valence electrons. The molecule has 0 aromatic rings. The molecule has 11 N–H and O–H groups in total. The van der Waals surface area contributed by atoms with Gasteiger partial charge in [0.1, 0.15) is 86.9 Å². The smallest absolute Gasteiger partial charge is 0.756 e. The van der Waals surface area contributed by atoms with Crippen molar-refractivity contribution in [3.8, 4) is 0 Å². The number of amides is 2. The summed E-state index contributed by atoms with van der Waals surface area (Å²) in [4.78, 5) is 61.9. The van der Waals surface area contributed by atoms with Crippen LogP contribution >= 0.6 is 7.82 Å². The minimum Gasteiger partial charge on any atom is -0.756 e. The average Bonchev–Trinajstić information content (AvgIpc) is 3.29. The summed E-state index contributed by atoms with van der Waals surface area (Å²) in [5, 5.41) is 97.8. The SMILES string of the molecule is CC/C=C\CC(=O)OCC(COP(=O)([O-])OCCNC(=O)CC(=O)NCO[C@@H]1OC(CO)[C@H](O)[C@H](O[C@@H]2OC(CO)[C@H](O)[C@H](O)C2O)C1O[C@@H]1OC(C)[C@@H](O)[C@H](O)C1O)OC(=O)C/C=C\CC.[Na+]. The van der Waals surface area contributed by atoms with Crippen molar-refractivity contribution in [2.24, 2.45) is 0 Å². The maximum Gasteiger partial charge on any atom is 1.00 e. The molecule has 17 atom stereocenters. The minimum atomic E-state index is -5.08. The fraction of sp³-hybridized carbons (Fsp3) is 0.795. The number of phosphoric acid groups is 1. The largest absolute Gasteiger partial charge is 1.00 e. The van der Waals surface area contributed by atoms with Crippen LogP contribution in [0.3, 0.4) is 0 Å². The van der Waals surface area contributed by atoms with Crippen LogP contribution in [0, 0.1) is 0 Å². The van der Waals surface area contributed by atoms with Crippen LogP contribution in [0.25, 0.3) is 0 Å². The summed E-state index contributed by atoms with van der Waals surface area (Å²) in [5.41, 5.74) is 0. The number of rotatable bonds is 27. The minimum absolute atomic E-state index is 0. The zero-order valence-electron chi connectivity index (χ0n) is 38.0. The van der Waals surface area contributed by atoms with Crippen LogP contribution < -0.4 is 45.1 Å². The number of allylic oxidation sites excluding steroid dienone is 2.